The number of nitrogens with zero attached hydrogens (tertiary/aromatic N) is 2. The minimum atomic E-state index is -3.93. The molecule has 0 aliphatic heterocycles. The summed E-state index contributed by atoms with van der Waals surface area (Å²) in [6.45, 7) is 2.18. The molecule has 0 aliphatic carbocycles. The van der Waals surface area contributed by atoms with E-state index >= 15 is 0 Å². The van der Waals surface area contributed by atoms with Crippen molar-refractivity contribution >= 4 is 15.9 Å². The number of hydrogen-bond donors (Lipinski definition) is 1. The summed E-state index contributed by atoms with van der Waals surface area (Å²) in [5, 5.41) is 9.67. The topological polar surface area (TPSA) is 113 Å². The molecule has 0 aliphatic rings. The molecule has 0 fully saturated rings. The van der Waals surface area contributed by atoms with Gasteiger partial charge in [0.25, 0.3) is 5.91 Å². The number of rotatable bonds is 5. The number of benzene rings is 1. The van der Waals surface area contributed by atoms with Gasteiger partial charge in [-0.3, -0.25) is 9.78 Å². The normalized spacial score (nSPS) is 10.7. The first-order valence-electron chi connectivity index (χ1n) is 6.52. The summed E-state index contributed by atoms with van der Waals surface area (Å²) in [4.78, 5) is 19.7. The number of amides is 1. The molecule has 9 heteroatoms. The summed E-state index contributed by atoms with van der Waals surface area (Å²) in [6, 6.07) is 6.01. The van der Waals surface area contributed by atoms with Gasteiger partial charge >= 0.3 is 29.6 Å². The molecule has 2 aromatic rings. The number of carbonyl (C=O) groups is 1. The van der Waals surface area contributed by atoms with Crippen LogP contribution in [-0.2, 0) is 16.4 Å². The van der Waals surface area contributed by atoms with E-state index in [1.54, 1.807) is 19.1 Å². The predicted octanol–water partition coefficient (Wildman–Crippen LogP) is -1.50. The van der Waals surface area contributed by atoms with E-state index in [-0.39, 0.29) is 46.1 Å². The first-order valence-corrected chi connectivity index (χ1v) is 8.00. The zero-order valence-corrected chi connectivity index (χ0v) is 15.7. The van der Waals surface area contributed by atoms with Gasteiger partial charge in [-0.1, -0.05) is 12.1 Å². The largest absolute Gasteiger partial charge is 1.00 e. The third kappa shape index (κ3) is 6.00. The Balaban J connectivity index is 0.00000264. The molecule has 2 N–H and O–H groups in total. The molecule has 2 rings (SSSR count). The number of sulfonamides is 1. The molecule has 1 aromatic carbocycles. The first kappa shape index (κ1) is 19.7. The number of hydrogen-bond acceptors (Lipinski definition) is 5. The van der Waals surface area contributed by atoms with E-state index in [9.17, 15) is 13.2 Å². The standard InChI is InChI=1S/C14H16N4O3S.Na/c1-10-8-18-13(9-17-10)14(19)16-7-6-11-2-4-12(5-3-11)22(15,20)21;/h2-5,8-9H,6-7H2,1H3,(H3,15,16,19,20,21);/q;+1/p-1. The molecule has 7 nitrogen and oxygen atoms in total. The van der Waals surface area contributed by atoms with E-state index < -0.39 is 10.0 Å². The van der Waals surface area contributed by atoms with Crippen LogP contribution in [-0.4, -0.2) is 30.8 Å². The summed E-state index contributed by atoms with van der Waals surface area (Å²) in [5.41, 5.74) is 1.85. The van der Waals surface area contributed by atoms with Crippen LogP contribution in [0.3, 0.4) is 0 Å². The second kappa shape index (κ2) is 8.51. The number of carbonyl (C=O) groups excluding carboxylic acids is 1. The Bertz CT molecular complexity index is 762. The van der Waals surface area contributed by atoms with Crippen molar-refractivity contribution in [3.05, 3.63) is 58.7 Å². The molecule has 1 heterocycles. The van der Waals surface area contributed by atoms with Crippen molar-refractivity contribution in [2.24, 2.45) is 0 Å². The van der Waals surface area contributed by atoms with E-state index in [0.29, 0.717) is 13.0 Å². The zero-order valence-electron chi connectivity index (χ0n) is 12.9. The van der Waals surface area contributed by atoms with Gasteiger partial charge in [0.05, 0.1) is 21.9 Å². The smallest absolute Gasteiger partial charge is 0.560 e. The molecule has 1 amide bonds. The monoisotopic (exact) mass is 342 g/mol. The molecule has 0 bridgehead atoms. The van der Waals surface area contributed by atoms with Crippen LogP contribution in [0.25, 0.3) is 5.14 Å². The predicted molar refractivity (Wildman–Crippen MR) is 80.8 cm³/mol. The second-order valence-electron chi connectivity index (χ2n) is 4.70. The van der Waals surface area contributed by atoms with Crippen LogP contribution >= 0.6 is 0 Å². The molecule has 23 heavy (non-hydrogen) atoms. The Morgan fingerprint density at radius 1 is 1.17 bits per heavy atom. The van der Waals surface area contributed by atoms with Gasteiger partial charge in [-0.05, 0) is 31.0 Å². The van der Waals surface area contributed by atoms with Crippen LogP contribution in [0, 0.1) is 6.92 Å². The average molecular weight is 342 g/mol. The van der Waals surface area contributed by atoms with Gasteiger partial charge in [-0.15, -0.1) is 0 Å². The molecule has 0 saturated heterocycles. The summed E-state index contributed by atoms with van der Waals surface area (Å²) in [6.07, 6.45) is 3.48. The molecule has 0 atom stereocenters. The van der Waals surface area contributed by atoms with Crippen molar-refractivity contribution in [1.82, 2.24) is 15.3 Å². The van der Waals surface area contributed by atoms with Crippen LogP contribution in [0.5, 0.6) is 0 Å². The number of nitrogens with one attached hydrogen (secondary N) is 2. The van der Waals surface area contributed by atoms with Crippen LogP contribution in [0.2, 0.25) is 0 Å². The minimum Gasteiger partial charge on any atom is -0.560 e. The van der Waals surface area contributed by atoms with E-state index in [2.05, 4.69) is 15.3 Å². The van der Waals surface area contributed by atoms with Crippen LogP contribution < -0.4 is 34.9 Å². The van der Waals surface area contributed by atoms with Gasteiger partial charge in [0, 0.05) is 17.6 Å². The Morgan fingerprint density at radius 2 is 1.83 bits per heavy atom. The van der Waals surface area contributed by atoms with Crippen molar-refractivity contribution in [1.29, 1.82) is 0 Å². The van der Waals surface area contributed by atoms with E-state index in [1.807, 2.05) is 0 Å². The van der Waals surface area contributed by atoms with E-state index in [0.717, 1.165) is 11.3 Å². The molecular formula is C14H15N4NaO3S. The fraction of sp³-hybridized carbons (Fsp3) is 0.214. The van der Waals surface area contributed by atoms with Gasteiger partial charge in [0.2, 0.25) is 0 Å². The van der Waals surface area contributed by atoms with Crippen LogP contribution in [0.15, 0.2) is 41.6 Å². The van der Waals surface area contributed by atoms with Crippen molar-refractivity contribution in [2.75, 3.05) is 6.54 Å². The fourth-order valence-electron chi connectivity index (χ4n) is 1.76. The quantitative estimate of drug-likeness (QED) is 0.665. The molecule has 0 saturated carbocycles. The summed E-state index contributed by atoms with van der Waals surface area (Å²) >= 11 is 0. The first-order chi connectivity index (χ1) is 10.4. The van der Waals surface area contributed by atoms with Gasteiger partial charge in [0.1, 0.15) is 5.69 Å². The molecule has 0 spiro atoms. The Labute approximate surface area is 157 Å². The fourth-order valence-corrected chi connectivity index (χ4v) is 2.25. The summed E-state index contributed by atoms with van der Waals surface area (Å²) < 4.78 is 22.1. The minimum absolute atomic E-state index is 0. The maximum atomic E-state index is 11.8. The SMILES string of the molecule is Cc1cnc(C(=O)NCCc2ccc(S([NH-])(=O)=O)cc2)cn1.[Na+]. The Morgan fingerprint density at radius 3 is 2.35 bits per heavy atom. The molecule has 0 unspecified atom stereocenters. The van der Waals surface area contributed by atoms with Gasteiger partial charge in [-0.25, -0.2) is 13.4 Å². The summed E-state index contributed by atoms with van der Waals surface area (Å²) in [5.74, 6) is -0.308. The average Bonchev–Trinajstić information content (AvgIpc) is 2.47. The number of aryl methyl sites for hydroxylation is 1. The molecular weight excluding hydrogens is 327 g/mol. The summed E-state index contributed by atoms with van der Waals surface area (Å²) in [7, 11) is -3.93. The van der Waals surface area contributed by atoms with Gasteiger partial charge in [0.15, 0.2) is 0 Å². The Kier molecular flexibility index (Phi) is 7.30. The zero-order chi connectivity index (χ0) is 16.2. The van der Waals surface area contributed by atoms with Crippen molar-refractivity contribution in [2.45, 2.75) is 18.2 Å². The van der Waals surface area contributed by atoms with Crippen molar-refractivity contribution in [3.63, 3.8) is 0 Å². The Hall–Kier alpha value is -1.32. The third-order valence-corrected chi connectivity index (χ3v) is 3.84. The van der Waals surface area contributed by atoms with Crippen molar-refractivity contribution < 1.29 is 42.8 Å². The van der Waals surface area contributed by atoms with E-state index in [1.165, 1.54) is 24.5 Å². The van der Waals surface area contributed by atoms with Crippen LogP contribution in [0.4, 0.5) is 0 Å². The molecule has 116 valence electrons. The van der Waals surface area contributed by atoms with Crippen LogP contribution in [0.1, 0.15) is 21.7 Å². The van der Waals surface area contributed by atoms with Crippen molar-refractivity contribution in [3.8, 4) is 0 Å². The molecule has 0 radical (unpaired) electrons. The third-order valence-electron chi connectivity index (χ3n) is 2.95. The second-order valence-corrected chi connectivity index (χ2v) is 6.17. The van der Waals surface area contributed by atoms with E-state index in [4.69, 9.17) is 5.14 Å². The van der Waals surface area contributed by atoms with Gasteiger partial charge < -0.3 is 10.5 Å². The number of aromatic nitrogens is 2. The molecule has 1 aromatic heterocycles. The maximum Gasteiger partial charge on any atom is 1.00 e. The maximum absolute atomic E-state index is 11.8. The van der Waals surface area contributed by atoms with Gasteiger partial charge in [-0.2, -0.15) is 0 Å².